The third kappa shape index (κ3) is 5.75. The summed E-state index contributed by atoms with van der Waals surface area (Å²) in [6.45, 7) is 7.64. The predicted octanol–water partition coefficient (Wildman–Crippen LogP) is 5.74. The molecule has 1 N–H and O–H groups in total. The van der Waals surface area contributed by atoms with Gasteiger partial charge in [0, 0.05) is 5.56 Å². The second-order valence-electron chi connectivity index (χ2n) is 8.75. The molecule has 2 aromatic carbocycles. The highest BCUT2D eigenvalue weighted by atomic mass is 32.1. The Morgan fingerprint density at radius 2 is 1.97 bits per heavy atom. The molecule has 8 nitrogen and oxygen atoms in total. The van der Waals surface area contributed by atoms with Gasteiger partial charge in [0.1, 0.15) is 28.8 Å². The number of rotatable bonds is 10. The Kier molecular flexibility index (Phi) is 8.55. The smallest absolute Gasteiger partial charge is 0.350 e. The van der Waals surface area contributed by atoms with Crippen molar-refractivity contribution in [2.45, 2.75) is 32.7 Å². The highest BCUT2D eigenvalue weighted by Gasteiger charge is 2.48. The van der Waals surface area contributed by atoms with Crippen LogP contribution in [0.1, 0.15) is 52.3 Å². The van der Waals surface area contributed by atoms with Gasteiger partial charge >= 0.3 is 11.9 Å². The molecule has 1 aliphatic heterocycles. The number of halogens is 1. The van der Waals surface area contributed by atoms with Gasteiger partial charge in [0.2, 0.25) is 0 Å². The molecule has 0 spiro atoms. The number of amides is 1. The summed E-state index contributed by atoms with van der Waals surface area (Å²) in [5, 5.41) is 11.3. The molecule has 0 radical (unpaired) electrons. The molecule has 202 valence electrons. The van der Waals surface area contributed by atoms with Crippen LogP contribution in [-0.4, -0.2) is 41.0 Å². The van der Waals surface area contributed by atoms with Gasteiger partial charge in [0.25, 0.3) is 5.78 Å². The summed E-state index contributed by atoms with van der Waals surface area (Å²) in [5.41, 5.74) is 0.773. The topological polar surface area (TPSA) is 106 Å². The number of ether oxygens (including phenoxy) is 2. The average molecular weight is 551 g/mol. The van der Waals surface area contributed by atoms with Crippen molar-refractivity contribution >= 4 is 39.9 Å². The van der Waals surface area contributed by atoms with Gasteiger partial charge in [0.05, 0.1) is 23.9 Å². The van der Waals surface area contributed by atoms with Gasteiger partial charge in [-0.3, -0.25) is 14.5 Å². The van der Waals surface area contributed by atoms with Gasteiger partial charge in [-0.05, 0) is 55.3 Å². The number of anilines is 1. The van der Waals surface area contributed by atoms with Crippen LogP contribution in [0.5, 0.6) is 5.75 Å². The lowest BCUT2D eigenvalue weighted by Gasteiger charge is -2.23. The maximum atomic E-state index is 13.6. The monoisotopic (exact) mass is 550 g/mol. The molecule has 39 heavy (non-hydrogen) atoms. The summed E-state index contributed by atoms with van der Waals surface area (Å²) in [6, 6.07) is 10.7. The van der Waals surface area contributed by atoms with E-state index in [4.69, 9.17) is 9.47 Å². The van der Waals surface area contributed by atoms with Crippen molar-refractivity contribution in [1.82, 2.24) is 4.98 Å². The molecule has 0 saturated carbocycles. The number of nitrogens with zero attached hydrogens (tertiary/aromatic N) is 2. The number of aliphatic hydroxyl groups is 1. The SMILES string of the molecule is C=CCOC(=O)c1sc(N2C(=O)C(=O)C(=C(O)c3ccc(F)cc3)C2c2cccc(OCCCC)c2)nc1C. The minimum Gasteiger partial charge on any atom is -0.507 e. The first-order valence-corrected chi connectivity index (χ1v) is 13.1. The zero-order valence-corrected chi connectivity index (χ0v) is 22.3. The second kappa shape index (κ2) is 12.0. The van der Waals surface area contributed by atoms with Crippen LogP contribution < -0.4 is 9.64 Å². The summed E-state index contributed by atoms with van der Waals surface area (Å²) in [6.07, 6.45) is 3.22. The van der Waals surface area contributed by atoms with Crippen molar-refractivity contribution in [2.75, 3.05) is 18.1 Å². The van der Waals surface area contributed by atoms with Crippen LogP contribution in [-0.2, 0) is 14.3 Å². The largest absolute Gasteiger partial charge is 0.507 e. The van der Waals surface area contributed by atoms with Gasteiger partial charge in [-0.2, -0.15) is 0 Å². The molecule has 1 aromatic heterocycles. The summed E-state index contributed by atoms with van der Waals surface area (Å²) in [7, 11) is 0. The van der Waals surface area contributed by atoms with Crippen LogP contribution in [0.4, 0.5) is 9.52 Å². The fourth-order valence-electron chi connectivity index (χ4n) is 4.09. The van der Waals surface area contributed by atoms with Gasteiger partial charge in [0.15, 0.2) is 5.13 Å². The zero-order valence-electron chi connectivity index (χ0n) is 21.5. The van der Waals surface area contributed by atoms with E-state index in [2.05, 4.69) is 11.6 Å². The summed E-state index contributed by atoms with van der Waals surface area (Å²) >= 11 is 0.900. The third-order valence-electron chi connectivity index (χ3n) is 6.01. The van der Waals surface area contributed by atoms with Crippen LogP contribution >= 0.6 is 11.3 Å². The summed E-state index contributed by atoms with van der Waals surface area (Å²) < 4.78 is 24.5. The lowest BCUT2D eigenvalue weighted by molar-refractivity contribution is -0.132. The number of esters is 1. The molecule has 1 fully saturated rings. The third-order valence-corrected chi connectivity index (χ3v) is 7.15. The molecule has 2 heterocycles. The number of hydrogen-bond donors (Lipinski definition) is 1. The van der Waals surface area contributed by atoms with Crippen molar-refractivity contribution in [3.63, 3.8) is 0 Å². The number of aromatic nitrogens is 1. The van der Waals surface area contributed by atoms with Crippen molar-refractivity contribution in [1.29, 1.82) is 0 Å². The molecule has 4 rings (SSSR count). The number of thiazole rings is 1. The fourth-order valence-corrected chi connectivity index (χ4v) is 5.08. The van der Waals surface area contributed by atoms with E-state index in [0.717, 1.165) is 41.2 Å². The second-order valence-corrected chi connectivity index (χ2v) is 9.73. The van der Waals surface area contributed by atoms with E-state index in [1.165, 1.54) is 18.2 Å². The molecular formula is C29H27FN2O6S. The van der Waals surface area contributed by atoms with E-state index in [1.807, 2.05) is 6.92 Å². The molecule has 1 aliphatic rings. The Morgan fingerprint density at radius 1 is 1.23 bits per heavy atom. The lowest BCUT2D eigenvalue weighted by atomic mass is 9.95. The molecule has 0 bridgehead atoms. The van der Waals surface area contributed by atoms with Crippen LogP contribution in [0.15, 0.2) is 66.8 Å². The number of carbonyl (C=O) groups excluding carboxylic acids is 3. The number of hydrogen-bond acceptors (Lipinski definition) is 8. The fraction of sp³-hybridized carbons (Fsp3) is 0.241. The Balaban J connectivity index is 1.86. The Bertz CT molecular complexity index is 1450. The van der Waals surface area contributed by atoms with Crippen LogP contribution in [0.25, 0.3) is 5.76 Å². The van der Waals surface area contributed by atoms with Crippen molar-refractivity contribution in [2.24, 2.45) is 0 Å². The number of benzene rings is 2. The van der Waals surface area contributed by atoms with Gasteiger partial charge in [-0.25, -0.2) is 14.2 Å². The number of aryl methyl sites for hydroxylation is 1. The molecule has 0 aliphatic carbocycles. The highest BCUT2D eigenvalue weighted by Crippen LogP contribution is 2.44. The predicted molar refractivity (Wildman–Crippen MR) is 145 cm³/mol. The van der Waals surface area contributed by atoms with E-state index < -0.39 is 35.3 Å². The number of unbranched alkanes of at least 4 members (excludes halogenated alkanes) is 1. The Labute approximate surface area is 229 Å². The number of aliphatic hydroxyl groups excluding tert-OH is 1. The quantitative estimate of drug-likeness (QED) is 0.0857. The van der Waals surface area contributed by atoms with Crippen molar-refractivity contribution in [3.8, 4) is 5.75 Å². The summed E-state index contributed by atoms with van der Waals surface area (Å²) in [4.78, 5) is 45.1. The first-order chi connectivity index (χ1) is 18.8. The van der Waals surface area contributed by atoms with E-state index in [1.54, 1.807) is 31.2 Å². The first kappa shape index (κ1) is 27.7. The normalized spacial score (nSPS) is 16.4. The molecule has 1 amide bonds. The van der Waals surface area contributed by atoms with Crippen molar-refractivity contribution < 1.29 is 33.4 Å². The van der Waals surface area contributed by atoms with Gasteiger partial charge in [-0.1, -0.05) is 49.5 Å². The minimum atomic E-state index is -1.09. The van der Waals surface area contributed by atoms with E-state index in [0.29, 0.717) is 23.6 Å². The summed E-state index contributed by atoms with van der Waals surface area (Å²) in [5.74, 6) is -2.96. The zero-order chi connectivity index (χ0) is 28.1. The lowest BCUT2D eigenvalue weighted by Crippen LogP contribution is -2.29. The number of carbonyl (C=O) groups is 3. The van der Waals surface area contributed by atoms with E-state index in [-0.39, 0.29) is 27.8 Å². The van der Waals surface area contributed by atoms with E-state index >= 15 is 0 Å². The number of ketones is 1. The van der Waals surface area contributed by atoms with Crippen LogP contribution in [0.3, 0.4) is 0 Å². The average Bonchev–Trinajstić information content (AvgIpc) is 3.44. The molecule has 1 saturated heterocycles. The molecular weight excluding hydrogens is 523 g/mol. The van der Waals surface area contributed by atoms with Gasteiger partial charge < -0.3 is 14.6 Å². The first-order valence-electron chi connectivity index (χ1n) is 12.3. The highest BCUT2D eigenvalue weighted by molar-refractivity contribution is 7.17. The maximum Gasteiger partial charge on any atom is 0.350 e. The minimum absolute atomic E-state index is 0.00147. The van der Waals surface area contributed by atoms with Crippen LogP contribution in [0, 0.1) is 12.7 Å². The molecule has 1 atom stereocenters. The standard InChI is InChI=1S/C29H27FN2O6S/c1-4-6-15-37-21-9-7-8-19(16-21)23-22(24(33)18-10-12-20(30)13-11-18)25(34)27(35)32(23)29-31-17(3)26(39-29)28(36)38-14-5-2/h5,7-13,16,23,33H,2,4,6,14-15H2,1,3H3. The Hall–Kier alpha value is -4.31. The van der Waals surface area contributed by atoms with Crippen molar-refractivity contribution in [3.05, 3.63) is 94.3 Å². The molecule has 10 heteroatoms. The van der Waals surface area contributed by atoms with Gasteiger partial charge in [-0.15, -0.1) is 0 Å². The van der Waals surface area contributed by atoms with Crippen LogP contribution in [0.2, 0.25) is 0 Å². The number of Topliss-reactive ketones (excluding diaryl/α,β-unsaturated/α-hetero) is 1. The maximum absolute atomic E-state index is 13.6. The molecule has 1 unspecified atom stereocenters. The molecule has 3 aromatic rings. The Morgan fingerprint density at radius 3 is 2.67 bits per heavy atom. The van der Waals surface area contributed by atoms with E-state index in [9.17, 15) is 23.9 Å².